The third-order valence-electron chi connectivity index (χ3n) is 5.05. The molecule has 6 heteroatoms. The molecule has 1 saturated carbocycles. The van der Waals surface area contributed by atoms with E-state index in [1.54, 1.807) is 14.1 Å². The third kappa shape index (κ3) is 6.33. The van der Waals surface area contributed by atoms with Crippen LogP contribution in [0.5, 0.6) is 0 Å². The standard InChI is InChI=1S/C20H33N5O/c1-21-19(26)17-8-6-7-16(15-17)11-12-23-20(22-2)24-13-14-25(3)18-9-4-5-10-18/h6-8,15,18H,4-5,9-14H2,1-3H3,(H,21,26)(H2,22,23,24). The van der Waals surface area contributed by atoms with Gasteiger partial charge in [0, 0.05) is 45.3 Å². The van der Waals surface area contributed by atoms with E-state index >= 15 is 0 Å². The fraction of sp³-hybridized carbons (Fsp3) is 0.600. The van der Waals surface area contributed by atoms with Crippen LogP contribution < -0.4 is 16.0 Å². The number of hydrogen-bond donors (Lipinski definition) is 3. The minimum absolute atomic E-state index is 0.0522. The van der Waals surface area contributed by atoms with Crippen molar-refractivity contribution in [2.45, 2.75) is 38.1 Å². The number of hydrogen-bond acceptors (Lipinski definition) is 3. The molecule has 1 amide bonds. The predicted molar refractivity (Wildman–Crippen MR) is 108 cm³/mol. The summed E-state index contributed by atoms with van der Waals surface area (Å²) in [6.07, 6.45) is 6.24. The van der Waals surface area contributed by atoms with Crippen molar-refractivity contribution in [3.8, 4) is 0 Å². The normalized spacial score (nSPS) is 15.3. The Morgan fingerprint density at radius 1 is 1.23 bits per heavy atom. The van der Waals surface area contributed by atoms with E-state index in [2.05, 4.69) is 32.9 Å². The summed E-state index contributed by atoms with van der Waals surface area (Å²) >= 11 is 0. The predicted octanol–water partition coefficient (Wildman–Crippen LogP) is 1.63. The van der Waals surface area contributed by atoms with Gasteiger partial charge in [0.25, 0.3) is 5.91 Å². The summed E-state index contributed by atoms with van der Waals surface area (Å²) in [5.74, 6) is 0.774. The molecule has 0 aliphatic heterocycles. The second-order valence-corrected chi connectivity index (χ2v) is 6.87. The first-order chi connectivity index (χ1) is 12.6. The van der Waals surface area contributed by atoms with E-state index in [4.69, 9.17) is 0 Å². The zero-order chi connectivity index (χ0) is 18.8. The van der Waals surface area contributed by atoms with Crippen molar-refractivity contribution in [2.24, 2.45) is 4.99 Å². The fourth-order valence-electron chi connectivity index (χ4n) is 3.44. The first-order valence-electron chi connectivity index (χ1n) is 9.60. The van der Waals surface area contributed by atoms with E-state index < -0.39 is 0 Å². The van der Waals surface area contributed by atoms with Crippen LogP contribution in [0.4, 0.5) is 0 Å². The highest BCUT2D eigenvalue weighted by atomic mass is 16.1. The highest BCUT2D eigenvalue weighted by Gasteiger charge is 2.18. The monoisotopic (exact) mass is 359 g/mol. The Labute approximate surface area is 157 Å². The molecule has 0 atom stereocenters. The second-order valence-electron chi connectivity index (χ2n) is 6.87. The molecule has 1 aliphatic rings. The van der Waals surface area contributed by atoms with Crippen LogP contribution >= 0.6 is 0 Å². The average molecular weight is 360 g/mol. The topological polar surface area (TPSA) is 68.8 Å². The number of rotatable bonds is 8. The van der Waals surface area contributed by atoms with Gasteiger partial charge in [-0.15, -0.1) is 0 Å². The molecule has 0 heterocycles. The van der Waals surface area contributed by atoms with Gasteiger partial charge in [-0.1, -0.05) is 25.0 Å². The molecule has 1 fully saturated rings. The first-order valence-corrected chi connectivity index (χ1v) is 9.60. The van der Waals surface area contributed by atoms with Gasteiger partial charge in [-0.2, -0.15) is 0 Å². The molecule has 26 heavy (non-hydrogen) atoms. The summed E-state index contributed by atoms with van der Waals surface area (Å²) in [5.41, 5.74) is 1.83. The van der Waals surface area contributed by atoms with E-state index in [0.717, 1.165) is 43.6 Å². The largest absolute Gasteiger partial charge is 0.356 e. The molecule has 0 saturated heterocycles. The van der Waals surface area contributed by atoms with Gasteiger partial charge in [0.05, 0.1) is 0 Å². The number of carbonyl (C=O) groups excluding carboxylic acids is 1. The molecule has 0 spiro atoms. The molecule has 1 aromatic carbocycles. The molecule has 0 unspecified atom stereocenters. The Bertz CT molecular complexity index is 596. The van der Waals surface area contributed by atoms with Crippen LogP contribution in [0.1, 0.15) is 41.6 Å². The molecule has 0 bridgehead atoms. The summed E-state index contributed by atoms with van der Waals surface area (Å²) in [6.45, 7) is 2.69. The van der Waals surface area contributed by atoms with E-state index in [9.17, 15) is 4.79 Å². The number of nitrogens with one attached hydrogen (secondary N) is 3. The quantitative estimate of drug-likeness (QED) is 0.487. The van der Waals surface area contributed by atoms with E-state index in [-0.39, 0.29) is 5.91 Å². The van der Waals surface area contributed by atoms with Gasteiger partial charge < -0.3 is 20.9 Å². The molecule has 3 N–H and O–H groups in total. The Morgan fingerprint density at radius 2 is 1.96 bits per heavy atom. The Hall–Kier alpha value is -2.08. The van der Waals surface area contributed by atoms with Crippen LogP contribution in [0.15, 0.2) is 29.3 Å². The lowest BCUT2D eigenvalue weighted by atomic mass is 10.1. The maximum absolute atomic E-state index is 11.7. The number of guanidine groups is 1. The summed E-state index contributed by atoms with van der Waals surface area (Å²) in [7, 11) is 5.66. The van der Waals surface area contributed by atoms with Crippen molar-refractivity contribution < 1.29 is 4.79 Å². The van der Waals surface area contributed by atoms with Crippen LogP contribution in [-0.2, 0) is 6.42 Å². The van der Waals surface area contributed by atoms with Crippen molar-refractivity contribution in [3.05, 3.63) is 35.4 Å². The highest BCUT2D eigenvalue weighted by Crippen LogP contribution is 2.21. The fourth-order valence-corrected chi connectivity index (χ4v) is 3.44. The highest BCUT2D eigenvalue weighted by molar-refractivity contribution is 5.94. The van der Waals surface area contributed by atoms with Gasteiger partial charge in [-0.05, 0) is 44.0 Å². The molecular weight excluding hydrogens is 326 g/mol. The van der Waals surface area contributed by atoms with E-state index in [1.807, 2.05) is 24.3 Å². The second kappa shape index (κ2) is 10.8. The number of likely N-dealkylation sites (N-methyl/N-ethyl adjacent to an activating group) is 1. The smallest absolute Gasteiger partial charge is 0.251 e. The SMILES string of the molecule is CN=C(NCCc1cccc(C(=O)NC)c1)NCCN(C)C1CCCC1. The van der Waals surface area contributed by atoms with Crippen LogP contribution in [0.3, 0.4) is 0 Å². The molecule has 1 aromatic rings. The zero-order valence-corrected chi connectivity index (χ0v) is 16.3. The number of nitrogens with zero attached hydrogens (tertiary/aromatic N) is 2. The maximum atomic E-state index is 11.7. The van der Waals surface area contributed by atoms with E-state index in [0.29, 0.717) is 5.56 Å². The van der Waals surface area contributed by atoms with Gasteiger partial charge in [-0.3, -0.25) is 9.79 Å². The molecule has 0 aromatic heterocycles. The van der Waals surface area contributed by atoms with Gasteiger partial charge in [0.2, 0.25) is 0 Å². The minimum Gasteiger partial charge on any atom is -0.356 e. The summed E-state index contributed by atoms with van der Waals surface area (Å²) in [6, 6.07) is 8.48. The van der Waals surface area contributed by atoms with Gasteiger partial charge in [-0.25, -0.2) is 0 Å². The Balaban J connectivity index is 1.69. The van der Waals surface area contributed by atoms with Crippen LogP contribution in [0.2, 0.25) is 0 Å². The zero-order valence-electron chi connectivity index (χ0n) is 16.3. The van der Waals surface area contributed by atoms with Crippen LogP contribution in [0.25, 0.3) is 0 Å². The van der Waals surface area contributed by atoms with Crippen molar-refractivity contribution in [1.29, 1.82) is 0 Å². The number of aliphatic imine (C=N–C) groups is 1. The Morgan fingerprint density at radius 3 is 2.65 bits per heavy atom. The number of benzene rings is 1. The Kier molecular flexibility index (Phi) is 8.41. The van der Waals surface area contributed by atoms with Gasteiger partial charge in [0.15, 0.2) is 5.96 Å². The van der Waals surface area contributed by atoms with E-state index in [1.165, 1.54) is 25.7 Å². The van der Waals surface area contributed by atoms with Crippen LogP contribution in [0, 0.1) is 0 Å². The molecule has 144 valence electrons. The lowest BCUT2D eigenvalue weighted by molar-refractivity contribution is 0.0963. The molecule has 2 rings (SSSR count). The maximum Gasteiger partial charge on any atom is 0.251 e. The van der Waals surface area contributed by atoms with Gasteiger partial charge in [0.1, 0.15) is 0 Å². The third-order valence-corrected chi connectivity index (χ3v) is 5.05. The van der Waals surface area contributed by atoms with Crippen molar-refractivity contribution in [3.63, 3.8) is 0 Å². The minimum atomic E-state index is -0.0522. The lowest BCUT2D eigenvalue weighted by Crippen LogP contribution is -2.43. The first kappa shape index (κ1) is 20.2. The van der Waals surface area contributed by atoms with Crippen molar-refractivity contribution in [2.75, 3.05) is 40.8 Å². The average Bonchev–Trinajstić information content (AvgIpc) is 3.21. The summed E-state index contributed by atoms with van der Waals surface area (Å²) < 4.78 is 0. The van der Waals surface area contributed by atoms with Gasteiger partial charge >= 0.3 is 0 Å². The molecule has 6 nitrogen and oxygen atoms in total. The van der Waals surface area contributed by atoms with Crippen molar-refractivity contribution >= 4 is 11.9 Å². The lowest BCUT2D eigenvalue weighted by Gasteiger charge is -2.24. The molecule has 0 radical (unpaired) electrons. The molecular formula is C20H33N5O. The number of carbonyl (C=O) groups is 1. The molecule has 1 aliphatic carbocycles. The van der Waals surface area contributed by atoms with Crippen LogP contribution in [-0.4, -0.2) is 63.6 Å². The summed E-state index contributed by atoms with van der Waals surface area (Å²) in [5, 5.41) is 9.38. The number of amides is 1. The van der Waals surface area contributed by atoms with Crippen molar-refractivity contribution in [1.82, 2.24) is 20.9 Å². The summed E-state index contributed by atoms with van der Waals surface area (Å²) in [4.78, 5) is 18.4.